The summed E-state index contributed by atoms with van der Waals surface area (Å²) in [6.07, 6.45) is 1.33. The van der Waals surface area contributed by atoms with Crippen LogP contribution in [0.1, 0.15) is 29.4 Å². The van der Waals surface area contributed by atoms with Gasteiger partial charge in [0.1, 0.15) is 0 Å². The van der Waals surface area contributed by atoms with E-state index >= 15 is 0 Å². The van der Waals surface area contributed by atoms with Crippen LogP contribution in [0.5, 0.6) is 0 Å². The van der Waals surface area contributed by atoms with Gasteiger partial charge >= 0.3 is 0 Å². The third-order valence-electron chi connectivity index (χ3n) is 3.34. The van der Waals surface area contributed by atoms with Gasteiger partial charge in [0, 0.05) is 19.1 Å². The van der Waals surface area contributed by atoms with Crippen LogP contribution in [0.3, 0.4) is 0 Å². The first-order valence-electron chi connectivity index (χ1n) is 6.46. The number of hydrogen-bond donors (Lipinski definition) is 1. The molecule has 1 aromatic rings. The summed E-state index contributed by atoms with van der Waals surface area (Å²) >= 11 is 4.72. The van der Waals surface area contributed by atoms with Crippen molar-refractivity contribution < 1.29 is 13.2 Å². The molecule has 8 heteroatoms. The minimum atomic E-state index is -3.11. The van der Waals surface area contributed by atoms with Gasteiger partial charge in [-0.2, -0.15) is 0 Å². The second-order valence-corrected chi connectivity index (χ2v) is 9.37. The van der Waals surface area contributed by atoms with Crippen LogP contribution >= 0.6 is 27.3 Å². The van der Waals surface area contributed by atoms with Gasteiger partial charge in [-0.1, -0.05) is 0 Å². The first-order chi connectivity index (χ1) is 9.42. The van der Waals surface area contributed by atoms with Crippen LogP contribution in [0.2, 0.25) is 0 Å². The van der Waals surface area contributed by atoms with Crippen molar-refractivity contribution >= 4 is 43.2 Å². The second kappa shape index (κ2) is 6.55. The van der Waals surface area contributed by atoms with E-state index in [1.807, 2.05) is 6.07 Å². The van der Waals surface area contributed by atoms with Gasteiger partial charge in [-0.05, 0) is 47.8 Å². The van der Waals surface area contributed by atoms with E-state index in [4.69, 9.17) is 0 Å². The van der Waals surface area contributed by atoms with Gasteiger partial charge in [-0.15, -0.1) is 11.3 Å². The molecular weight excluding hydrogens is 364 g/mol. The van der Waals surface area contributed by atoms with Gasteiger partial charge in [0.05, 0.1) is 14.4 Å². The average Bonchev–Trinajstić information content (AvgIpc) is 2.86. The third kappa shape index (κ3) is 3.81. The smallest absolute Gasteiger partial charge is 0.261 e. The Balaban J connectivity index is 1.87. The molecule has 0 unspecified atom stereocenters. The Hall–Kier alpha value is -0.440. The lowest BCUT2D eigenvalue weighted by Gasteiger charge is -2.31. The van der Waals surface area contributed by atoms with Crippen LogP contribution in [0, 0.1) is 0 Å². The van der Waals surface area contributed by atoms with Gasteiger partial charge in [-0.25, -0.2) is 12.7 Å². The summed E-state index contributed by atoms with van der Waals surface area (Å²) in [6.45, 7) is 2.61. The van der Waals surface area contributed by atoms with Gasteiger partial charge in [0.15, 0.2) is 0 Å². The van der Waals surface area contributed by atoms with Crippen molar-refractivity contribution in [1.29, 1.82) is 0 Å². The highest BCUT2D eigenvalue weighted by atomic mass is 79.9. The predicted octanol–water partition coefficient (Wildman–Crippen LogP) is 2.05. The first-order valence-corrected chi connectivity index (χ1v) is 9.68. The molecule has 1 N–H and O–H groups in total. The fraction of sp³-hybridized carbons (Fsp3) is 0.583. The van der Waals surface area contributed by atoms with Gasteiger partial charge < -0.3 is 5.32 Å². The molecule has 0 radical (unpaired) electrons. The topological polar surface area (TPSA) is 66.5 Å². The van der Waals surface area contributed by atoms with Crippen LogP contribution in [-0.2, 0) is 10.0 Å². The minimum absolute atomic E-state index is 0.0479. The Morgan fingerprint density at radius 2 is 2.10 bits per heavy atom. The molecule has 2 heterocycles. The van der Waals surface area contributed by atoms with Crippen molar-refractivity contribution in [1.82, 2.24) is 9.62 Å². The Bertz CT molecular complexity index is 577. The lowest BCUT2D eigenvalue weighted by molar-refractivity contribution is 0.0928. The zero-order chi connectivity index (χ0) is 14.8. The number of hydrogen-bond acceptors (Lipinski definition) is 4. The van der Waals surface area contributed by atoms with Crippen LogP contribution in [0.25, 0.3) is 0 Å². The minimum Gasteiger partial charge on any atom is -0.349 e. The highest BCUT2D eigenvalue weighted by Crippen LogP contribution is 2.22. The number of amides is 1. The molecule has 1 aromatic heterocycles. The maximum Gasteiger partial charge on any atom is 0.261 e. The fourth-order valence-electron chi connectivity index (χ4n) is 2.15. The monoisotopic (exact) mass is 380 g/mol. The van der Waals surface area contributed by atoms with Crippen LogP contribution in [-0.4, -0.2) is 43.5 Å². The van der Waals surface area contributed by atoms with Gasteiger partial charge in [-0.3, -0.25) is 4.79 Å². The summed E-state index contributed by atoms with van der Waals surface area (Å²) in [5.41, 5.74) is 0. The van der Waals surface area contributed by atoms with Crippen molar-refractivity contribution in [2.75, 3.05) is 18.8 Å². The molecule has 1 saturated heterocycles. The number of nitrogens with zero attached hydrogens (tertiary/aromatic N) is 1. The lowest BCUT2D eigenvalue weighted by atomic mass is 10.1. The van der Waals surface area contributed by atoms with Crippen LogP contribution < -0.4 is 5.32 Å². The molecule has 0 bridgehead atoms. The maximum atomic E-state index is 12.0. The molecule has 1 amide bonds. The highest BCUT2D eigenvalue weighted by Gasteiger charge is 2.27. The van der Waals surface area contributed by atoms with Gasteiger partial charge in [0.2, 0.25) is 10.0 Å². The Kier molecular flexibility index (Phi) is 5.22. The maximum absolute atomic E-state index is 12.0. The Morgan fingerprint density at radius 1 is 1.45 bits per heavy atom. The largest absolute Gasteiger partial charge is 0.349 e. The Morgan fingerprint density at radius 3 is 2.60 bits per heavy atom. The summed E-state index contributed by atoms with van der Waals surface area (Å²) in [6, 6.07) is 3.67. The molecule has 1 aliphatic rings. The van der Waals surface area contributed by atoms with Crippen molar-refractivity contribution in [2.45, 2.75) is 25.8 Å². The van der Waals surface area contributed by atoms with E-state index in [2.05, 4.69) is 21.2 Å². The van der Waals surface area contributed by atoms with E-state index in [0.717, 1.165) is 3.79 Å². The van der Waals surface area contributed by atoms with E-state index in [-0.39, 0.29) is 17.7 Å². The molecule has 2 rings (SSSR count). The molecule has 0 atom stereocenters. The SMILES string of the molecule is CCS(=O)(=O)N1CCC(NC(=O)c2ccc(Br)s2)CC1. The predicted molar refractivity (Wildman–Crippen MR) is 83.5 cm³/mol. The molecule has 0 aliphatic carbocycles. The number of sulfonamides is 1. The lowest BCUT2D eigenvalue weighted by Crippen LogP contribution is -2.46. The fourth-order valence-corrected chi connectivity index (χ4v) is 4.58. The number of nitrogens with one attached hydrogen (secondary N) is 1. The summed E-state index contributed by atoms with van der Waals surface area (Å²) in [5, 5.41) is 2.97. The third-order valence-corrected chi connectivity index (χ3v) is 6.85. The Labute approximate surface area is 131 Å². The van der Waals surface area contributed by atoms with E-state index in [0.29, 0.717) is 30.8 Å². The normalized spacial score (nSPS) is 18.1. The quantitative estimate of drug-likeness (QED) is 0.868. The zero-order valence-electron chi connectivity index (χ0n) is 11.1. The van der Waals surface area contributed by atoms with Crippen LogP contribution in [0.15, 0.2) is 15.9 Å². The van der Waals surface area contributed by atoms with E-state index in [9.17, 15) is 13.2 Å². The van der Waals surface area contributed by atoms with Crippen molar-refractivity contribution in [3.8, 4) is 0 Å². The molecule has 0 aromatic carbocycles. The number of carbonyl (C=O) groups is 1. The molecule has 1 fully saturated rings. The number of piperidine rings is 1. The summed E-state index contributed by atoms with van der Waals surface area (Å²) in [7, 11) is -3.11. The number of carbonyl (C=O) groups excluding carboxylic acids is 1. The number of thiophene rings is 1. The molecule has 0 spiro atoms. The summed E-state index contributed by atoms with van der Waals surface area (Å²) in [4.78, 5) is 12.7. The first kappa shape index (κ1) is 15.9. The van der Waals surface area contributed by atoms with Crippen LogP contribution in [0.4, 0.5) is 0 Å². The van der Waals surface area contributed by atoms with Crippen molar-refractivity contribution in [3.05, 3.63) is 20.8 Å². The van der Waals surface area contributed by atoms with E-state index in [1.165, 1.54) is 15.6 Å². The highest BCUT2D eigenvalue weighted by molar-refractivity contribution is 9.11. The molecular formula is C12H17BrN2O3S2. The van der Waals surface area contributed by atoms with Gasteiger partial charge in [0.25, 0.3) is 5.91 Å². The molecule has 5 nitrogen and oxygen atoms in total. The second-order valence-electron chi connectivity index (χ2n) is 4.65. The number of halogens is 1. The summed E-state index contributed by atoms with van der Waals surface area (Å²) < 4.78 is 25.9. The standard InChI is InChI=1S/C12H17BrN2O3S2/c1-2-20(17,18)15-7-5-9(6-8-15)14-12(16)10-3-4-11(13)19-10/h3-4,9H,2,5-8H2,1H3,(H,14,16). The molecule has 0 saturated carbocycles. The van der Waals surface area contributed by atoms with Crippen molar-refractivity contribution in [3.63, 3.8) is 0 Å². The number of rotatable bonds is 4. The van der Waals surface area contributed by atoms with E-state index in [1.54, 1.807) is 13.0 Å². The van der Waals surface area contributed by atoms with E-state index < -0.39 is 10.0 Å². The molecule has 112 valence electrons. The zero-order valence-corrected chi connectivity index (χ0v) is 14.4. The molecule has 20 heavy (non-hydrogen) atoms. The average molecular weight is 381 g/mol. The summed E-state index contributed by atoms with van der Waals surface area (Å²) in [5.74, 6) is 0.0465. The van der Waals surface area contributed by atoms with Crippen molar-refractivity contribution in [2.24, 2.45) is 0 Å². The molecule has 1 aliphatic heterocycles.